The molecule has 3 rings (SSSR count). The third kappa shape index (κ3) is 5.49. The van der Waals surface area contributed by atoms with Crippen molar-refractivity contribution < 1.29 is 4.79 Å². The maximum Gasteiger partial charge on any atom is 0.234 e. The lowest BCUT2D eigenvalue weighted by Gasteiger charge is -2.14. The topological polar surface area (TPSA) is 59.8 Å². The molecule has 0 saturated heterocycles. The number of nitrogens with zero attached hydrogens (tertiary/aromatic N) is 3. The highest BCUT2D eigenvalue weighted by Crippen LogP contribution is 2.32. The second-order valence-corrected chi connectivity index (χ2v) is 9.93. The molecule has 3 aromatic rings. The average molecular weight is 575 g/mol. The van der Waals surface area contributed by atoms with Crippen molar-refractivity contribution in [3.8, 4) is 11.4 Å². The first-order valence-corrected chi connectivity index (χ1v) is 12.2. The van der Waals surface area contributed by atoms with Crippen LogP contribution in [0, 0.1) is 3.57 Å². The van der Waals surface area contributed by atoms with Crippen LogP contribution in [0.25, 0.3) is 11.4 Å². The molecule has 0 unspecified atom stereocenters. The van der Waals surface area contributed by atoms with Gasteiger partial charge in [-0.1, -0.05) is 48.8 Å². The van der Waals surface area contributed by atoms with Gasteiger partial charge in [0.1, 0.15) is 0 Å². The maximum absolute atomic E-state index is 12.6. The Morgan fingerprint density at radius 1 is 1.20 bits per heavy atom. The minimum absolute atomic E-state index is 0.0835. The monoisotopic (exact) mass is 574 g/mol. The number of thioether (sulfide) groups is 1. The molecule has 1 amide bonds. The molecule has 2 aromatic carbocycles. The van der Waals surface area contributed by atoms with Gasteiger partial charge in [0, 0.05) is 26.4 Å². The Bertz CT molecular complexity index is 1070. The van der Waals surface area contributed by atoms with Crippen LogP contribution in [0.5, 0.6) is 0 Å². The molecule has 0 aliphatic heterocycles. The van der Waals surface area contributed by atoms with Crippen molar-refractivity contribution in [1.82, 2.24) is 14.8 Å². The van der Waals surface area contributed by atoms with E-state index in [0.29, 0.717) is 33.5 Å². The number of halogens is 3. The van der Waals surface area contributed by atoms with E-state index < -0.39 is 0 Å². The van der Waals surface area contributed by atoms with Crippen molar-refractivity contribution in [2.75, 3.05) is 11.1 Å². The number of amides is 1. The average Bonchev–Trinajstić information content (AvgIpc) is 3.10. The van der Waals surface area contributed by atoms with Gasteiger partial charge in [-0.2, -0.15) is 0 Å². The van der Waals surface area contributed by atoms with Crippen molar-refractivity contribution in [3.63, 3.8) is 0 Å². The predicted molar refractivity (Wildman–Crippen MR) is 134 cm³/mol. The standard InChI is InChI=1S/C21H21Cl2IN4OS/c1-4-28-20(15-7-5-13(22)9-17(15)23)26-27-21(28)30-11-19(29)25-18-8-6-14(24)10-16(18)12(2)3/h5-10,12H,4,11H2,1-3H3,(H,25,29). The van der Waals surface area contributed by atoms with Crippen molar-refractivity contribution in [2.24, 2.45) is 0 Å². The first-order chi connectivity index (χ1) is 14.3. The highest BCUT2D eigenvalue weighted by atomic mass is 127. The molecule has 5 nitrogen and oxygen atoms in total. The van der Waals surface area contributed by atoms with E-state index in [2.05, 4.69) is 58.0 Å². The molecule has 1 N–H and O–H groups in total. The van der Waals surface area contributed by atoms with Crippen LogP contribution in [-0.4, -0.2) is 26.4 Å². The van der Waals surface area contributed by atoms with E-state index in [0.717, 1.165) is 20.4 Å². The second kappa shape index (κ2) is 10.3. The summed E-state index contributed by atoms with van der Waals surface area (Å²) < 4.78 is 3.09. The minimum Gasteiger partial charge on any atom is -0.325 e. The first kappa shape index (κ1) is 23.4. The number of carbonyl (C=O) groups is 1. The largest absolute Gasteiger partial charge is 0.325 e. The van der Waals surface area contributed by atoms with E-state index in [1.807, 2.05) is 29.7 Å². The lowest BCUT2D eigenvalue weighted by Crippen LogP contribution is -2.16. The molecular formula is C21H21Cl2IN4OS. The van der Waals surface area contributed by atoms with E-state index in [4.69, 9.17) is 23.2 Å². The summed E-state index contributed by atoms with van der Waals surface area (Å²) in [6.07, 6.45) is 0. The Hall–Kier alpha value is -1.29. The normalized spacial score (nSPS) is 11.2. The summed E-state index contributed by atoms with van der Waals surface area (Å²) in [6.45, 7) is 6.88. The van der Waals surface area contributed by atoms with Crippen LogP contribution in [0.15, 0.2) is 41.6 Å². The number of aromatic nitrogens is 3. The molecule has 30 heavy (non-hydrogen) atoms. The van der Waals surface area contributed by atoms with Gasteiger partial charge >= 0.3 is 0 Å². The zero-order chi connectivity index (χ0) is 21.8. The summed E-state index contributed by atoms with van der Waals surface area (Å²) in [5.41, 5.74) is 2.73. The predicted octanol–water partition coefficient (Wildman–Crippen LogP) is 6.73. The van der Waals surface area contributed by atoms with Gasteiger partial charge in [0.15, 0.2) is 11.0 Å². The first-order valence-electron chi connectivity index (χ1n) is 9.40. The fourth-order valence-corrected chi connectivity index (χ4v) is 4.80. The Labute approximate surface area is 204 Å². The smallest absolute Gasteiger partial charge is 0.234 e. The molecule has 1 aromatic heterocycles. The third-order valence-electron chi connectivity index (χ3n) is 4.45. The Morgan fingerprint density at radius 3 is 2.63 bits per heavy atom. The SMILES string of the molecule is CCn1c(SCC(=O)Nc2ccc(I)cc2C(C)C)nnc1-c1ccc(Cl)cc1Cl. The molecule has 158 valence electrons. The summed E-state index contributed by atoms with van der Waals surface area (Å²) in [7, 11) is 0. The van der Waals surface area contributed by atoms with Crippen LogP contribution < -0.4 is 5.32 Å². The van der Waals surface area contributed by atoms with Gasteiger partial charge in [-0.25, -0.2) is 0 Å². The second-order valence-electron chi connectivity index (χ2n) is 6.90. The van der Waals surface area contributed by atoms with Crippen molar-refractivity contribution >= 4 is 69.1 Å². The summed E-state index contributed by atoms with van der Waals surface area (Å²) >= 11 is 16.0. The van der Waals surface area contributed by atoms with E-state index in [9.17, 15) is 4.79 Å². The van der Waals surface area contributed by atoms with Crippen LogP contribution in [0.2, 0.25) is 10.0 Å². The molecule has 0 aliphatic carbocycles. The number of benzene rings is 2. The molecule has 0 bridgehead atoms. The number of nitrogens with one attached hydrogen (secondary N) is 1. The van der Waals surface area contributed by atoms with Crippen molar-refractivity contribution in [1.29, 1.82) is 0 Å². The van der Waals surface area contributed by atoms with E-state index in [1.165, 1.54) is 11.8 Å². The van der Waals surface area contributed by atoms with Gasteiger partial charge in [0.05, 0.1) is 10.8 Å². The lowest BCUT2D eigenvalue weighted by atomic mass is 10.0. The van der Waals surface area contributed by atoms with Crippen LogP contribution >= 0.6 is 57.6 Å². The summed E-state index contributed by atoms with van der Waals surface area (Å²) in [5, 5.41) is 13.3. The van der Waals surface area contributed by atoms with Crippen LogP contribution in [0.1, 0.15) is 32.3 Å². The van der Waals surface area contributed by atoms with Crippen molar-refractivity contribution in [3.05, 3.63) is 55.6 Å². The van der Waals surface area contributed by atoms with Gasteiger partial charge in [-0.15, -0.1) is 10.2 Å². The van der Waals surface area contributed by atoms with E-state index in [-0.39, 0.29) is 11.7 Å². The van der Waals surface area contributed by atoms with Gasteiger partial charge in [0.25, 0.3) is 0 Å². The lowest BCUT2D eigenvalue weighted by molar-refractivity contribution is -0.113. The number of anilines is 1. The fraction of sp³-hybridized carbons (Fsp3) is 0.286. The van der Waals surface area contributed by atoms with Gasteiger partial charge < -0.3 is 9.88 Å². The third-order valence-corrected chi connectivity index (χ3v) is 6.63. The molecule has 0 spiro atoms. The molecule has 0 radical (unpaired) electrons. The molecule has 9 heteroatoms. The summed E-state index contributed by atoms with van der Waals surface area (Å²) in [6, 6.07) is 11.3. The van der Waals surface area contributed by atoms with E-state index in [1.54, 1.807) is 12.1 Å². The number of carbonyl (C=O) groups excluding carboxylic acids is 1. The Kier molecular flexibility index (Phi) is 8.06. The highest BCUT2D eigenvalue weighted by molar-refractivity contribution is 14.1. The molecule has 1 heterocycles. The zero-order valence-corrected chi connectivity index (χ0v) is 21.2. The number of rotatable bonds is 7. The molecule has 0 fully saturated rings. The van der Waals surface area contributed by atoms with Gasteiger partial charge in [-0.3, -0.25) is 4.79 Å². The molecule has 0 atom stereocenters. The van der Waals surface area contributed by atoms with Crippen LogP contribution in [-0.2, 0) is 11.3 Å². The highest BCUT2D eigenvalue weighted by Gasteiger charge is 2.17. The maximum atomic E-state index is 12.6. The quantitative estimate of drug-likeness (QED) is 0.251. The summed E-state index contributed by atoms with van der Waals surface area (Å²) in [4.78, 5) is 12.6. The van der Waals surface area contributed by atoms with Crippen LogP contribution in [0.3, 0.4) is 0 Å². The molecule has 0 saturated carbocycles. The summed E-state index contributed by atoms with van der Waals surface area (Å²) in [5.74, 6) is 1.12. The Morgan fingerprint density at radius 2 is 1.97 bits per heavy atom. The number of hydrogen-bond donors (Lipinski definition) is 1. The van der Waals surface area contributed by atoms with Crippen LogP contribution in [0.4, 0.5) is 5.69 Å². The van der Waals surface area contributed by atoms with Crippen molar-refractivity contribution in [2.45, 2.75) is 38.4 Å². The minimum atomic E-state index is -0.0835. The van der Waals surface area contributed by atoms with Gasteiger partial charge in [0.2, 0.25) is 5.91 Å². The zero-order valence-electron chi connectivity index (χ0n) is 16.7. The molecule has 0 aliphatic rings. The fourth-order valence-electron chi connectivity index (χ4n) is 2.99. The molecular weight excluding hydrogens is 554 g/mol. The van der Waals surface area contributed by atoms with E-state index >= 15 is 0 Å². The Balaban J connectivity index is 1.74. The number of hydrogen-bond acceptors (Lipinski definition) is 4. The van der Waals surface area contributed by atoms with Gasteiger partial charge in [-0.05, 0) is 77.4 Å².